The van der Waals surface area contributed by atoms with Gasteiger partial charge in [-0.05, 0) is 25.1 Å². The highest BCUT2D eigenvalue weighted by atomic mass is 79.9. The van der Waals surface area contributed by atoms with Crippen LogP contribution in [0, 0.1) is 0 Å². The van der Waals surface area contributed by atoms with Gasteiger partial charge in [0.2, 0.25) is 0 Å². The van der Waals surface area contributed by atoms with Gasteiger partial charge in [-0.3, -0.25) is 9.00 Å². The van der Waals surface area contributed by atoms with Crippen LogP contribution in [0.3, 0.4) is 0 Å². The molecule has 0 aliphatic heterocycles. The first-order chi connectivity index (χ1) is 9.09. The summed E-state index contributed by atoms with van der Waals surface area (Å²) in [5, 5.41) is -0.559. The molecule has 0 spiro atoms. The predicted octanol–water partition coefficient (Wildman–Crippen LogP) is 3.83. The molecule has 0 heterocycles. The molecule has 0 radical (unpaired) electrons. The van der Waals surface area contributed by atoms with Crippen LogP contribution in [0.1, 0.15) is 17.3 Å². The highest BCUT2D eigenvalue weighted by molar-refractivity contribution is 9.10. The number of halogens is 1. The second-order valence-corrected chi connectivity index (χ2v) is 6.82. The third-order valence-electron chi connectivity index (χ3n) is 2.78. The molecule has 98 valence electrons. The number of hydrogen-bond acceptors (Lipinski definition) is 2. The van der Waals surface area contributed by atoms with E-state index in [1.165, 1.54) is 0 Å². The molecule has 0 aliphatic carbocycles. The van der Waals surface area contributed by atoms with Crippen molar-refractivity contribution in [3.63, 3.8) is 0 Å². The van der Waals surface area contributed by atoms with Gasteiger partial charge in [-0.2, -0.15) is 0 Å². The van der Waals surface area contributed by atoms with Crippen molar-refractivity contribution in [1.82, 2.24) is 0 Å². The summed E-state index contributed by atoms with van der Waals surface area (Å²) in [5.41, 5.74) is 0.596. The quantitative estimate of drug-likeness (QED) is 0.795. The Labute approximate surface area is 123 Å². The second-order valence-electron chi connectivity index (χ2n) is 4.13. The van der Waals surface area contributed by atoms with Crippen molar-refractivity contribution in [1.29, 1.82) is 0 Å². The van der Waals surface area contributed by atoms with Crippen molar-refractivity contribution in [2.75, 3.05) is 0 Å². The Morgan fingerprint density at radius 2 is 1.79 bits per heavy atom. The third-order valence-corrected chi connectivity index (χ3v) is 4.85. The third kappa shape index (κ3) is 3.39. The first-order valence-electron chi connectivity index (χ1n) is 5.85. The Morgan fingerprint density at radius 1 is 1.11 bits per heavy atom. The molecule has 0 aromatic heterocycles. The van der Waals surface area contributed by atoms with Gasteiger partial charge in [-0.1, -0.05) is 52.3 Å². The molecule has 0 saturated heterocycles. The van der Waals surface area contributed by atoms with Crippen LogP contribution in [0.4, 0.5) is 0 Å². The van der Waals surface area contributed by atoms with E-state index >= 15 is 0 Å². The van der Waals surface area contributed by atoms with Crippen molar-refractivity contribution in [2.45, 2.75) is 17.1 Å². The van der Waals surface area contributed by atoms with Crippen molar-refractivity contribution < 1.29 is 9.00 Å². The van der Waals surface area contributed by atoms with Gasteiger partial charge < -0.3 is 0 Å². The van der Waals surface area contributed by atoms with Crippen LogP contribution in [-0.2, 0) is 10.8 Å². The number of benzene rings is 2. The van der Waals surface area contributed by atoms with Crippen LogP contribution in [0.5, 0.6) is 0 Å². The van der Waals surface area contributed by atoms with Gasteiger partial charge in [-0.25, -0.2) is 0 Å². The minimum Gasteiger partial charge on any atom is -0.293 e. The molecular formula is C15H13BrO2S. The summed E-state index contributed by atoms with van der Waals surface area (Å²) in [6.45, 7) is 1.70. The van der Waals surface area contributed by atoms with E-state index in [1.807, 2.05) is 30.3 Å². The van der Waals surface area contributed by atoms with Gasteiger partial charge in [0.05, 0.1) is 16.0 Å². The van der Waals surface area contributed by atoms with E-state index < -0.39 is 16.0 Å². The number of Topliss-reactive ketones (excluding diaryl/α,β-unsaturated/α-hetero) is 1. The fraction of sp³-hybridized carbons (Fsp3) is 0.133. The molecule has 2 atom stereocenters. The van der Waals surface area contributed by atoms with Gasteiger partial charge in [0.1, 0.15) is 0 Å². The molecule has 0 fully saturated rings. The standard InChI is InChI=1S/C15H13BrO2S/c1-11(15(17)12-6-3-2-4-7-12)19(18)14-9-5-8-13(16)10-14/h2-11H,1H3. The molecule has 2 nitrogen and oxygen atoms in total. The van der Waals surface area contributed by atoms with E-state index in [0.29, 0.717) is 10.5 Å². The van der Waals surface area contributed by atoms with Gasteiger partial charge in [-0.15, -0.1) is 0 Å². The average molecular weight is 337 g/mol. The number of hydrogen-bond donors (Lipinski definition) is 0. The zero-order chi connectivity index (χ0) is 13.8. The Bertz CT molecular complexity index is 611. The summed E-state index contributed by atoms with van der Waals surface area (Å²) in [6.07, 6.45) is 0. The number of carbonyl (C=O) groups excluding carboxylic acids is 1. The Morgan fingerprint density at radius 3 is 2.42 bits per heavy atom. The molecule has 4 heteroatoms. The van der Waals surface area contributed by atoms with Gasteiger partial charge >= 0.3 is 0 Å². The lowest BCUT2D eigenvalue weighted by Crippen LogP contribution is -2.22. The lowest BCUT2D eigenvalue weighted by Gasteiger charge is -2.10. The van der Waals surface area contributed by atoms with Crippen molar-refractivity contribution in [3.05, 3.63) is 64.6 Å². The summed E-state index contributed by atoms with van der Waals surface area (Å²) >= 11 is 3.34. The first-order valence-corrected chi connectivity index (χ1v) is 7.85. The van der Waals surface area contributed by atoms with Gasteiger partial charge in [0, 0.05) is 14.9 Å². The SMILES string of the molecule is CC(C(=O)c1ccccc1)S(=O)c1cccc(Br)c1. The Balaban J connectivity index is 2.23. The molecule has 19 heavy (non-hydrogen) atoms. The van der Waals surface area contributed by atoms with Crippen LogP contribution in [0.25, 0.3) is 0 Å². The number of ketones is 1. The second kappa shape index (κ2) is 6.26. The lowest BCUT2D eigenvalue weighted by molar-refractivity contribution is 0.0992. The Kier molecular flexibility index (Phi) is 4.66. The smallest absolute Gasteiger partial charge is 0.178 e. The molecule has 0 aliphatic rings. The summed E-state index contributed by atoms with van der Waals surface area (Å²) in [5.74, 6) is -0.0982. The maximum atomic E-state index is 12.4. The van der Waals surface area contributed by atoms with Crippen LogP contribution in [-0.4, -0.2) is 15.2 Å². The van der Waals surface area contributed by atoms with E-state index in [2.05, 4.69) is 15.9 Å². The molecule has 2 aromatic rings. The topological polar surface area (TPSA) is 34.1 Å². The van der Waals surface area contributed by atoms with Crippen molar-refractivity contribution in [3.8, 4) is 0 Å². The maximum Gasteiger partial charge on any atom is 0.178 e. The zero-order valence-electron chi connectivity index (χ0n) is 10.4. The summed E-state index contributed by atoms with van der Waals surface area (Å²) in [4.78, 5) is 12.9. The highest BCUT2D eigenvalue weighted by Gasteiger charge is 2.22. The van der Waals surface area contributed by atoms with Gasteiger partial charge in [0.15, 0.2) is 5.78 Å². The summed E-state index contributed by atoms with van der Waals surface area (Å²) in [6, 6.07) is 16.2. The van der Waals surface area contributed by atoms with Crippen LogP contribution in [0.2, 0.25) is 0 Å². The fourth-order valence-corrected chi connectivity index (χ4v) is 3.48. The minimum atomic E-state index is -1.35. The largest absolute Gasteiger partial charge is 0.293 e. The maximum absolute atomic E-state index is 12.4. The molecule has 0 bridgehead atoms. The summed E-state index contributed by atoms with van der Waals surface area (Å²) < 4.78 is 13.2. The predicted molar refractivity (Wildman–Crippen MR) is 80.8 cm³/mol. The summed E-state index contributed by atoms with van der Waals surface area (Å²) in [7, 11) is -1.35. The van der Waals surface area contributed by atoms with E-state index in [-0.39, 0.29) is 5.78 Å². The molecule has 0 N–H and O–H groups in total. The van der Waals surface area contributed by atoms with E-state index in [0.717, 1.165) is 4.47 Å². The van der Waals surface area contributed by atoms with Crippen LogP contribution < -0.4 is 0 Å². The van der Waals surface area contributed by atoms with E-state index in [9.17, 15) is 9.00 Å². The monoisotopic (exact) mass is 336 g/mol. The number of carbonyl (C=O) groups is 1. The Hall–Kier alpha value is -1.26. The van der Waals surface area contributed by atoms with Crippen molar-refractivity contribution in [2.24, 2.45) is 0 Å². The highest BCUT2D eigenvalue weighted by Crippen LogP contribution is 2.19. The molecular weight excluding hydrogens is 324 g/mol. The minimum absolute atomic E-state index is 0.0982. The number of rotatable bonds is 4. The zero-order valence-corrected chi connectivity index (χ0v) is 12.8. The van der Waals surface area contributed by atoms with Crippen molar-refractivity contribution >= 4 is 32.5 Å². The molecule has 0 amide bonds. The fourth-order valence-electron chi connectivity index (χ4n) is 1.73. The van der Waals surface area contributed by atoms with Crippen LogP contribution >= 0.6 is 15.9 Å². The van der Waals surface area contributed by atoms with E-state index in [4.69, 9.17) is 0 Å². The molecule has 2 rings (SSSR count). The van der Waals surface area contributed by atoms with Gasteiger partial charge in [0.25, 0.3) is 0 Å². The lowest BCUT2D eigenvalue weighted by atomic mass is 10.1. The molecule has 2 aromatic carbocycles. The molecule has 2 unspecified atom stereocenters. The first kappa shape index (κ1) is 14.2. The van der Waals surface area contributed by atoms with E-state index in [1.54, 1.807) is 31.2 Å². The normalized spacial score (nSPS) is 13.8. The van der Waals surface area contributed by atoms with Crippen LogP contribution in [0.15, 0.2) is 64.0 Å². The average Bonchev–Trinajstić information content (AvgIpc) is 2.46. The molecule has 0 saturated carbocycles.